The zero-order valence-electron chi connectivity index (χ0n) is 9.89. The smallest absolute Gasteiger partial charge is 0.00211 e. The van der Waals surface area contributed by atoms with E-state index in [-0.39, 0.29) is 0 Å². The molecule has 1 saturated carbocycles. The summed E-state index contributed by atoms with van der Waals surface area (Å²) in [5.41, 5.74) is 3.48. The summed E-state index contributed by atoms with van der Waals surface area (Å²) < 4.78 is 0. The highest BCUT2D eigenvalue weighted by atomic mass is 14.5. The second-order valence-corrected chi connectivity index (χ2v) is 6.08. The zero-order chi connectivity index (χ0) is 11.0. The van der Waals surface area contributed by atoms with Gasteiger partial charge >= 0.3 is 0 Å². The van der Waals surface area contributed by atoms with Crippen LogP contribution in [-0.4, -0.2) is 0 Å². The van der Waals surface area contributed by atoms with Gasteiger partial charge < -0.3 is 0 Å². The Morgan fingerprint density at radius 1 is 1.00 bits per heavy atom. The Balaban J connectivity index is 1.91. The van der Waals surface area contributed by atoms with Gasteiger partial charge in [-0.1, -0.05) is 42.0 Å². The number of rotatable bonds is 0. The predicted octanol–water partition coefficient (Wildman–Crippen LogP) is 2.33. The molecule has 4 atom stereocenters. The third-order valence-corrected chi connectivity index (χ3v) is 5.45. The maximum Gasteiger partial charge on any atom is -0.00211 e. The van der Waals surface area contributed by atoms with Gasteiger partial charge in [-0.25, -0.2) is 0 Å². The third kappa shape index (κ3) is 0.887. The van der Waals surface area contributed by atoms with E-state index in [1.165, 1.54) is 24.5 Å². The molecule has 2 bridgehead atoms. The maximum atomic E-state index is 2.50. The lowest BCUT2D eigenvalue weighted by Gasteiger charge is -2.24. The Hall–Kier alpha value is -1.30. The minimum Gasteiger partial charge on any atom is -0.0845 e. The van der Waals surface area contributed by atoms with Crippen molar-refractivity contribution in [2.45, 2.75) is 25.2 Å². The Labute approximate surface area is 101 Å². The van der Waals surface area contributed by atoms with Crippen molar-refractivity contribution in [1.82, 2.24) is 0 Å². The molecule has 0 aliphatic heterocycles. The SMILES string of the molecule is C1=CC2CC1C1C3=c4c(cccc4=CCC3)C21. The molecule has 0 N–H and O–H groups in total. The van der Waals surface area contributed by atoms with Crippen molar-refractivity contribution in [3.63, 3.8) is 0 Å². The van der Waals surface area contributed by atoms with Gasteiger partial charge in [0.25, 0.3) is 0 Å². The fraction of sp³-hybridized carbons (Fsp3) is 0.412. The predicted molar refractivity (Wildman–Crippen MR) is 69.8 cm³/mol. The largest absolute Gasteiger partial charge is 0.0845 e. The lowest BCUT2D eigenvalue weighted by Crippen LogP contribution is -2.30. The molecule has 17 heavy (non-hydrogen) atoms. The molecule has 0 radical (unpaired) electrons. The van der Waals surface area contributed by atoms with Gasteiger partial charge in [-0.3, -0.25) is 0 Å². The molecule has 4 aliphatic carbocycles. The number of hydrogen-bond donors (Lipinski definition) is 0. The number of allylic oxidation sites excluding steroid dienone is 2. The van der Waals surface area contributed by atoms with Crippen LogP contribution in [0.3, 0.4) is 0 Å². The lowest BCUT2D eigenvalue weighted by atomic mass is 9.79. The average molecular weight is 220 g/mol. The Kier molecular flexibility index (Phi) is 1.41. The van der Waals surface area contributed by atoms with Gasteiger partial charge in [-0.2, -0.15) is 0 Å². The van der Waals surface area contributed by atoms with E-state index in [0.29, 0.717) is 0 Å². The van der Waals surface area contributed by atoms with Gasteiger partial charge in [-0.05, 0) is 58.9 Å². The normalized spacial score (nSPS) is 39.2. The summed E-state index contributed by atoms with van der Waals surface area (Å²) in [5.74, 6) is 3.41. The second-order valence-electron chi connectivity index (χ2n) is 6.08. The summed E-state index contributed by atoms with van der Waals surface area (Å²) in [6.45, 7) is 0. The molecule has 84 valence electrons. The van der Waals surface area contributed by atoms with Gasteiger partial charge in [0.1, 0.15) is 0 Å². The number of hydrogen-bond acceptors (Lipinski definition) is 0. The maximum absolute atomic E-state index is 2.50. The van der Waals surface area contributed by atoms with Crippen molar-refractivity contribution < 1.29 is 0 Å². The molecule has 0 saturated heterocycles. The first kappa shape index (κ1) is 8.74. The number of fused-ring (bicyclic) bond motifs is 7. The van der Waals surface area contributed by atoms with Crippen LogP contribution >= 0.6 is 0 Å². The van der Waals surface area contributed by atoms with E-state index in [4.69, 9.17) is 0 Å². The quantitative estimate of drug-likeness (QED) is 0.589. The molecule has 0 spiro atoms. The van der Waals surface area contributed by atoms with Crippen LogP contribution < -0.4 is 10.4 Å². The highest BCUT2D eigenvalue weighted by Crippen LogP contribution is 2.58. The molecule has 1 aromatic carbocycles. The molecule has 0 aromatic heterocycles. The van der Waals surface area contributed by atoms with Gasteiger partial charge in [0.15, 0.2) is 0 Å². The van der Waals surface area contributed by atoms with Crippen LogP contribution in [0.25, 0.3) is 11.6 Å². The third-order valence-electron chi connectivity index (χ3n) is 5.45. The summed E-state index contributed by atoms with van der Waals surface area (Å²) in [7, 11) is 0. The Morgan fingerprint density at radius 2 is 1.88 bits per heavy atom. The summed E-state index contributed by atoms with van der Waals surface area (Å²) in [4.78, 5) is 0. The fourth-order valence-corrected chi connectivity index (χ4v) is 4.97. The van der Waals surface area contributed by atoms with Crippen molar-refractivity contribution in [3.05, 3.63) is 46.4 Å². The molecule has 4 unspecified atom stereocenters. The molecule has 0 heteroatoms. The average Bonchev–Trinajstić information content (AvgIpc) is 3.03. The van der Waals surface area contributed by atoms with E-state index in [9.17, 15) is 0 Å². The zero-order valence-corrected chi connectivity index (χ0v) is 9.89. The van der Waals surface area contributed by atoms with Crippen LogP contribution in [0.4, 0.5) is 0 Å². The van der Waals surface area contributed by atoms with Crippen LogP contribution in [-0.2, 0) is 0 Å². The molecule has 4 aliphatic rings. The lowest BCUT2D eigenvalue weighted by molar-refractivity contribution is 0.498. The standard InChI is InChI=1S/C17H16/c1-3-10-4-2-6-14-15(10)13(5-1)16-11-7-8-12(9-11)17(14)16/h1,3-5,7-8,11-12,16-17H,2,6,9H2. The topological polar surface area (TPSA) is 0 Å². The van der Waals surface area contributed by atoms with E-state index in [1.807, 2.05) is 0 Å². The summed E-state index contributed by atoms with van der Waals surface area (Å²) in [6.07, 6.45) is 11.4. The minimum absolute atomic E-state index is 0.835. The molecule has 0 heterocycles. The summed E-state index contributed by atoms with van der Waals surface area (Å²) >= 11 is 0. The van der Waals surface area contributed by atoms with E-state index in [0.717, 1.165) is 23.7 Å². The molecular formula is C17H16. The Morgan fingerprint density at radius 3 is 2.82 bits per heavy atom. The van der Waals surface area contributed by atoms with Crippen molar-refractivity contribution in [3.8, 4) is 0 Å². The van der Waals surface area contributed by atoms with E-state index >= 15 is 0 Å². The molecular weight excluding hydrogens is 204 g/mol. The van der Waals surface area contributed by atoms with Gasteiger partial charge in [0.05, 0.1) is 0 Å². The van der Waals surface area contributed by atoms with E-state index in [2.05, 4.69) is 36.4 Å². The molecule has 0 amide bonds. The summed E-state index contributed by atoms with van der Waals surface area (Å²) in [5, 5.41) is 3.18. The van der Waals surface area contributed by atoms with Crippen LogP contribution in [0.1, 0.15) is 30.7 Å². The van der Waals surface area contributed by atoms with Crippen LogP contribution in [0.5, 0.6) is 0 Å². The van der Waals surface area contributed by atoms with Crippen LogP contribution in [0, 0.1) is 17.8 Å². The van der Waals surface area contributed by atoms with Crippen molar-refractivity contribution in [2.24, 2.45) is 17.8 Å². The van der Waals surface area contributed by atoms with Crippen LogP contribution in [0.15, 0.2) is 30.4 Å². The minimum atomic E-state index is 0.835. The van der Waals surface area contributed by atoms with Gasteiger partial charge in [0.2, 0.25) is 0 Å². The first-order valence-electron chi connectivity index (χ1n) is 6.94. The molecule has 1 fully saturated rings. The Bertz CT molecular complexity index is 662. The molecule has 5 rings (SSSR count). The first-order chi connectivity index (χ1) is 8.43. The van der Waals surface area contributed by atoms with Gasteiger partial charge in [-0.15, -0.1) is 0 Å². The van der Waals surface area contributed by atoms with Crippen molar-refractivity contribution >= 4 is 11.6 Å². The fourth-order valence-electron chi connectivity index (χ4n) is 4.97. The summed E-state index contributed by atoms with van der Waals surface area (Å²) in [6, 6.07) is 6.98. The van der Waals surface area contributed by atoms with Crippen molar-refractivity contribution in [1.29, 1.82) is 0 Å². The van der Waals surface area contributed by atoms with Gasteiger partial charge in [0, 0.05) is 0 Å². The molecule has 1 aromatic rings. The highest BCUT2D eigenvalue weighted by molar-refractivity contribution is 5.64. The first-order valence-corrected chi connectivity index (χ1v) is 6.94. The monoisotopic (exact) mass is 220 g/mol. The number of benzene rings is 1. The second kappa shape index (κ2) is 2.75. The molecule has 0 nitrogen and oxygen atoms in total. The van der Waals surface area contributed by atoms with Crippen molar-refractivity contribution in [2.75, 3.05) is 0 Å². The van der Waals surface area contributed by atoms with E-state index < -0.39 is 0 Å². The van der Waals surface area contributed by atoms with Crippen LogP contribution in [0.2, 0.25) is 0 Å². The van der Waals surface area contributed by atoms with E-state index in [1.54, 1.807) is 16.4 Å². The highest BCUT2D eigenvalue weighted by Gasteiger charge is 2.49.